The molecule has 0 aliphatic rings. The van der Waals surface area contributed by atoms with Crippen LogP contribution in [0.25, 0.3) is 6.08 Å². The third kappa shape index (κ3) is 4.53. The molecule has 0 radical (unpaired) electrons. The van der Waals surface area contributed by atoms with Gasteiger partial charge >= 0.3 is 0 Å². The fraction of sp³-hybridized carbons (Fsp3) is 0.0556. The van der Waals surface area contributed by atoms with Gasteiger partial charge in [0.05, 0.1) is 16.8 Å². The lowest BCUT2D eigenvalue weighted by Gasteiger charge is -2.09. The first kappa shape index (κ1) is 16.5. The van der Waals surface area contributed by atoms with E-state index in [0.717, 1.165) is 5.56 Å². The number of ketones is 1. The molecular formula is C18H13ClN2O2. The fourth-order valence-corrected chi connectivity index (χ4v) is 2.04. The van der Waals surface area contributed by atoms with Crippen LogP contribution in [-0.4, -0.2) is 11.7 Å². The molecule has 4 nitrogen and oxygen atoms in total. The lowest BCUT2D eigenvalue weighted by Crippen LogP contribution is -2.27. The van der Waals surface area contributed by atoms with E-state index in [4.69, 9.17) is 16.9 Å². The summed E-state index contributed by atoms with van der Waals surface area (Å²) in [7, 11) is 0. The van der Waals surface area contributed by atoms with Gasteiger partial charge in [0.2, 0.25) is 5.91 Å². The topological polar surface area (TPSA) is 70.0 Å². The van der Waals surface area contributed by atoms with Crippen molar-refractivity contribution in [3.8, 4) is 6.07 Å². The van der Waals surface area contributed by atoms with Crippen molar-refractivity contribution in [2.24, 2.45) is 5.92 Å². The van der Waals surface area contributed by atoms with Crippen molar-refractivity contribution in [2.45, 2.75) is 0 Å². The Balaban J connectivity index is 2.08. The summed E-state index contributed by atoms with van der Waals surface area (Å²) in [6.07, 6.45) is 2.80. The average Bonchev–Trinajstić information content (AvgIpc) is 2.57. The number of hydrogen-bond acceptors (Lipinski definition) is 3. The maximum Gasteiger partial charge on any atom is 0.249 e. The van der Waals surface area contributed by atoms with Crippen LogP contribution in [0, 0.1) is 17.2 Å². The van der Waals surface area contributed by atoms with E-state index in [2.05, 4.69) is 5.32 Å². The molecule has 5 heteroatoms. The number of nitrogens with zero attached hydrogens (tertiary/aromatic N) is 1. The van der Waals surface area contributed by atoms with Crippen molar-refractivity contribution < 1.29 is 9.59 Å². The van der Waals surface area contributed by atoms with Crippen LogP contribution in [-0.2, 0) is 9.59 Å². The van der Waals surface area contributed by atoms with Gasteiger partial charge in [0, 0.05) is 0 Å². The first-order valence-electron chi connectivity index (χ1n) is 6.84. The van der Waals surface area contributed by atoms with Crippen LogP contribution in [0.15, 0.2) is 60.7 Å². The Kier molecular flexibility index (Phi) is 5.67. The van der Waals surface area contributed by atoms with E-state index in [1.165, 1.54) is 6.08 Å². The number of benzene rings is 2. The molecule has 0 unspecified atom stereocenters. The van der Waals surface area contributed by atoms with Gasteiger partial charge in [-0.05, 0) is 23.8 Å². The molecule has 2 rings (SSSR count). The highest BCUT2D eigenvalue weighted by Crippen LogP contribution is 2.21. The number of rotatable bonds is 5. The molecular weight excluding hydrogens is 312 g/mol. The number of carbonyl (C=O) groups is 2. The normalized spacial score (nSPS) is 11.7. The Morgan fingerprint density at radius 2 is 1.74 bits per heavy atom. The van der Waals surface area contributed by atoms with Crippen LogP contribution >= 0.6 is 11.6 Å². The largest absolute Gasteiger partial charge is 0.323 e. The van der Waals surface area contributed by atoms with Crippen LogP contribution in [0.2, 0.25) is 5.02 Å². The second-order valence-electron chi connectivity index (χ2n) is 4.68. The summed E-state index contributed by atoms with van der Waals surface area (Å²) < 4.78 is 0. The predicted molar refractivity (Wildman–Crippen MR) is 89.7 cm³/mol. The van der Waals surface area contributed by atoms with Gasteiger partial charge in [-0.25, -0.2) is 0 Å². The van der Waals surface area contributed by atoms with Crippen molar-refractivity contribution in [2.75, 3.05) is 5.32 Å². The Morgan fingerprint density at radius 3 is 2.39 bits per heavy atom. The maximum absolute atomic E-state index is 12.1. The zero-order valence-corrected chi connectivity index (χ0v) is 12.8. The molecule has 0 heterocycles. The molecule has 0 bridgehead atoms. The van der Waals surface area contributed by atoms with E-state index < -0.39 is 17.6 Å². The van der Waals surface area contributed by atoms with Gasteiger partial charge in [-0.3, -0.25) is 9.59 Å². The number of hydrogen-bond donors (Lipinski definition) is 1. The van der Waals surface area contributed by atoms with E-state index >= 15 is 0 Å². The molecule has 0 aromatic heterocycles. The Bertz CT molecular complexity index is 779. The number of para-hydroxylation sites is 1. The SMILES string of the molecule is N#C[C@@H](C(=O)/C=C\c1ccccc1)C(=O)Nc1ccccc1Cl. The summed E-state index contributed by atoms with van der Waals surface area (Å²) in [5, 5.41) is 11.9. The second-order valence-corrected chi connectivity index (χ2v) is 5.08. The van der Waals surface area contributed by atoms with Crippen molar-refractivity contribution in [1.82, 2.24) is 0 Å². The van der Waals surface area contributed by atoms with Crippen molar-refractivity contribution >= 4 is 35.1 Å². The zero-order valence-electron chi connectivity index (χ0n) is 12.1. The van der Waals surface area contributed by atoms with Gasteiger partial charge in [0.1, 0.15) is 0 Å². The first-order valence-corrected chi connectivity index (χ1v) is 7.21. The minimum atomic E-state index is -1.42. The quantitative estimate of drug-likeness (QED) is 0.673. The average molecular weight is 325 g/mol. The number of halogens is 1. The Hall–Kier alpha value is -2.90. The van der Waals surface area contributed by atoms with Crippen molar-refractivity contribution in [3.05, 3.63) is 71.3 Å². The van der Waals surface area contributed by atoms with Crippen LogP contribution in [0.5, 0.6) is 0 Å². The monoisotopic (exact) mass is 324 g/mol. The predicted octanol–water partition coefficient (Wildman–Crippen LogP) is 3.70. The van der Waals surface area contributed by atoms with Crippen molar-refractivity contribution in [1.29, 1.82) is 5.26 Å². The molecule has 2 aromatic carbocycles. The highest BCUT2D eigenvalue weighted by molar-refractivity contribution is 6.33. The van der Waals surface area contributed by atoms with E-state index in [1.54, 1.807) is 36.4 Å². The molecule has 2 aromatic rings. The van der Waals surface area contributed by atoms with Gasteiger partial charge in [-0.2, -0.15) is 5.26 Å². The highest BCUT2D eigenvalue weighted by atomic mass is 35.5. The standard InChI is InChI=1S/C18H13ClN2O2/c19-15-8-4-5-9-16(15)21-18(23)14(12-20)17(22)11-10-13-6-2-1-3-7-13/h1-11,14H,(H,21,23)/b11-10-/t14-/m0/s1. The van der Waals surface area contributed by atoms with E-state index in [0.29, 0.717) is 10.7 Å². The van der Waals surface area contributed by atoms with Gasteiger partial charge in [-0.15, -0.1) is 0 Å². The molecule has 0 fully saturated rings. The summed E-state index contributed by atoms with van der Waals surface area (Å²) in [5.74, 6) is -2.71. The number of nitriles is 1. The fourth-order valence-electron chi connectivity index (χ4n) is 1.86. The van der Waals surface area contributed by atoms with Crippen LogP contribution < -0.4 is 5.32 Å². The smallest absolute Gasteiger partial charge is 0.249 e. The van der Waals surface area contributed by atoms with E-state index in [-0.39, 0.29) is 0 Å². The number of carbonyl (C=O) groups excluding carboxylic acids is 2. The lowest BCUT2D eigenvalue weighted by atomic mass is 10.0. The molecule has 1 amide bonds. The third-order valence-corrected chi connectivity index (χ3v) is 3.38. The third-order valence-electron chi connectivity index (χ3n) is 3.05. The highest BCUT2D eigenvalue weighted by Gasteiger charge is 2.24. The minimum Gasteiger partial charge on any atom is -0.323 e. The zero-order chi connectivity index (χ0) is 16.7. The summed E-state index contributed by atoms with van der Waals surface area (Å²) in [4.78, 5) is 24.2. The Morgan fingerprint density at radius 1 is 1.09 bits per heavy atom. The number of anilines is 1. The first-order chi connectivity index (χ1) is 11.1. The van der Waals surface area contributed by atoms with Gasteiger partial charge in [0.15, 0.2) is 11.7 Å². The number of nitrogens with one attached hydrogen (secondary N) is 1. The molecule has 1 N–H and O–H groups in total. The molecule has 0 spiro atoms. The molecule has 0 saturated heterocycles. The second kappa shape index (κ2) is 7.92. The number of amides is 1. The number of allylic oxidation sites excluding steroid dienone is 1. The van der Waals surface area contributed by atoms with Crippen LogP contribution in [0.4, 0.5) is 5.69 Å². The van der Waals surface area contributed by atoms with E-state index in [1.807, 2.05) is 30.3 Å². The summed E-state index contributed by atoms with van der Waals surface area (Å²) in [5.41, 5.74) is 1.17. The van der Waals surface area contributed by atoms with Crippen molar-refractivity contribution in [3.63, 3.8) is 0 Å². The lowest BCUT2D eigenvalue weighted by molar-refractivity contribution is -0.126. The van der Waals surface area contributed by atoms with Crippen LogP contribution in [0.3, 0.4) is 0 Å². The van der Waals surface area contributed by atoms with E-state index in [9.17, 15) is 9.59 Å². The molecule has 1 atom stereocenters. The molecule has 0 saturated carbocycles. The molecule has 0 aliphatic heterocycles. The molecule has 23 heavy (non-hydrogen) atoms. The van der Waals surface area contributed by atoms with Gasteiger partial charge in [0.25, 0.3) is 0 Å². The van der Waals surface area contributed by atoms with Gasteiger partial charge < -0.3 is 5.32 Å². The van der Waals surface area contributed by atoms with Gasteiger partial charge in [-0.1, -0.05) is 60.1 Å². The summed E-state index contributed by atoms with van der Waals surface area (Å²) in [6, 6.07) is 17.5. The minimum absolute atomic E-state index is 0.338. The van der Waals surface area contributed by atoms with Crippen LogP contribution in [0.1, 0.15) is 5.56 Å². The summed E-state index contributed by atoms with van der Waals surface area (Å²) >= 11 is 5.94. The summed E-state index contributed by atoms with van der Waals surface area (Å²) in [6.45, 7) is 0. The Labute approximate surface area is 139 Å². The molecule has 0 aliphatic carbocycles. The maximum atomic E-state index is 12.1. The molecule has 114 valence electrons.